The highest BCUT2D eigenvalue weighted by molar-refractivity contribution is 5.81. The van der Waals surface area contributed by atoms with Crippen LogP contribution in [0.1, 0.15) is 23.0 Å². The number of benzene rings is 3. The van der Waals surface area contributed by atoms with Crippen molar-refractivity contribution in [1.82, 2.24) is 9.55 Å². The lowest BCUT2D eigenvalue weighted by Gasteiger charge is -2.23. The SMILES string of the molecule is Cc1nc2cc(N(C)C)ccc2c(=O)n1C(c1ccccc1)c1ccccc1. The van der Waals surface area contributed by atoms with Crippen molar-refractivity contribution in [3.63, 3.8) is 0 Å². The second-order valence-electron chi connectivity index (χ2n) is 7.15. The molecule has 0 bridgehead atoms. The third-order valence-corrected chi connectivity index (χ3v) is 5.07. The zero-order chi connectivity index (χ0) is 19.7. The van der Waals surface area contributed by atoms with Crippen LogP contribution in [0, 0.1) is 6.92 Å². The normalized spacial score (nSPS) is 11.1. The summed E-state index contributed by atoms with van der Waals surface area (Å²) in [5, 5.41) is 0.632. The van der Waals surface area contributed by atoms with Gasteiger partial charge in [0.2, 0.25) is 0 Å². The molecule has 0 spiro atoms. The number of hydrogen-bond acceptors (Lipinski definition) is 3. The number of hydrogen-bond donors (Lipinski definition) is 0. The molecule has 0 fully saturated rings. The summed E-state index contributed by atoms with van der Waals surface area (Å²) >= 11 is 0. The minimum absolute atomic E-state index is 0.0227. The van der Waals surface area contributed by atoms with E-state index in [1.165, 1.54) is 0 Å². The number of aryl methyl sites for hydroxylation is 1. The summed E-state index contributed by atoms with van der Waals surface area (Å²) in [5.41, 5.74) is 3.85. The molecule has 0 saturated carbocycles. The van der Waals surface area contributed by atoms with Crippen LogP contribution in [0.4, 0.5) is 5.69 Å². The van der Waals surface area contributed by atoms with Crippen LogP contribution in [0.15, 0.2) is 83.7 Å². The Labute approximate surface area is 164 Å². The fraction of sp³-hybridized carbons (Fsp3) is 0.167. The summed E-state index contributed by atoms with van der Waals surface area (Å²) in [5.74, 6) is 0.700. The van der Waals surface area contributed by atoms with Gasteiger partial charge in [0.15, 0.2) is 0 Å². The molecule has 0 N–H and O–H groups in total. The molecule has 0 unspecified atom stereocenters. The molecular weight excluding hydrogens is 346 g/mol. The van der Waals surface area contributed by atoms with Crippen molar-refractivity contribution >= 4 is 16.6 Å². The van der Waals surface area contributed by atoms with E-state index in [1.807, 2.05) is 85.1 Å². The minimum Gasteiger partial charge on any atom is -0.378 e. The average molecular weight is 369 g/mol. The number of nitrogens with zero attached hydrogens (tertiary/aromatic N) is 3. The fourth-order valence-electron chi connectivity index (χ4n) is 3.64. The quantitative estimate of drug-likeness (QED) is 0.535. The van der Waals surface area contributed by atoms with Crippen LogP contribution < -0.4 is 10.5 Å². The largest absolute Gasteiger partial charge is 0.378 e. The lowest BCUT2D eigenvalue weighted by Crippen LogP contribution is -2.29. The Balaban J connectivity index is 1.99. The molecule has 1 heterocycles. The van der Waals surface area contributed by atoms with Gasteiger partial charge in [0.1, 0.15) is 5.82 Å². The maximum absolute atomic E-state index is 13.5. The Morgan fingerprint density at radius 1 is 0.857 bits per heavy atom. The molecular formula is C24H23N3O. The van der Waals surface area contributed by atoms with Gasteiger partial charge in [0, 0.05) is 19.8 Å². The molecule has 0 aliphatic carbocycles. The van der Waals surface area contributed by atoms with Crippen molar-refractivity contribution in [2.45, 2.75) is 13.0 Å². The Kier molecular flexibility index (Phi) is 4.70. The van der Waals surface area contributed by atoms with Crippen molar-refractivity contribution in [1.29, 1.82) is 0 Å². The van der Waals surface area contributed by atoms with E-state index in [4.69, 9.17) is 4.98 Å². The van der Waals surface area contributed by atoms with Crippen LogP contribution in [0.3, 0.4) is 0 Å². The second kappa shape index (κ2) is 7.31. The smallest absolute Gasteiger partial charge is 0.262 e. The summed E-state index contributed by atoms with van der Waals surface area (Å²) in [6, 6.07) is 25.8. The molecule has 4 nitrogen and oxygen atoms in total. The molecule has 4 aromatic rings. The van der Waals surface area contributed by atoms with E-state index < -0.39 is 0 Å². The number of rotatable bonds is 4. The predicted octanol–water partition coefficient (Wildman–Crippen LogP) is 4.41. The Hall–Kier alpha value is -3.40. The summed E-state index contributed by atoms with van der Waals surface area (Å²) in [6.07, 6.45) is 0. The van der Waals surface area contributed by atoms with Crippen LogP contribution >= 0.6 is 0 Å². The first-order valence-corrected chi connectivity index (χ1v) is 9.36. The first-order chi connectivity index (χ1) is 13.6. The molecule has 0 atom stereocenters. The van der Waals surface area contributed by atoms with E-state index in [0.29, 0.717) is 11.2 Å². The van der Waals surface area contributed by atoms with Gasteiger partial charge in [0.05, 0.1) is 16.9 Å². The van der Waals surface area contributed by atoms with Gasteiger partial charge >= 0.3 is 0 Å². The summed E-state index contributed by atoms with van der Waals surface area (Å²) in [4.78, 5) is 20.3. The van der Waals surface area contributed by atoms with Gasteiger partial charge in [-0.1, -0.05) is 60.7 Å². The van der Waals surface area contributed by atoms with Crippen LogP contribution in [0.2, 0.25) is 0 Å². The van der Waals surface area contributed by atoms with Crippen LogP contribution in [-0.4, -0.2) is 23.6 Å². The molecule has 0 aliphatic rings. The minimum atomic E-state index is -0.222. The molecule has 3 aromatic carbocycles. The standard InChI is InChI=1S/C24H23N3O/c1-17-25-22-16-20(26(2)3)14-15-21(22)24(28)27(17)23(18-10-6-4-7-11-18)19-12-8-5-9-13-19/h4-16,23H,1-3H3. The van der Waals surface area contributed by atoms with Crippen molar-refractivity contribution in [2.75, 3.05) is 19.0 Å². The number of aromatic nitrogens is 2. The van der Waals surface area contributed by atoms with Gasteiger partial charge in [0.25, 0.3) is 5.56 Å². The molecule has 0 radical (unpaired) electrons. The first-order valence-electron chi connectivity index (χ1n) is 9.36. The van der Waals surface area contributed by atoms with Crippen molar-refractivity contribution in [3.05, 3.63) is 106 Å². The van der Waals surface area contributed by atoms with Gasteiger partial charge in [-0.25, -0.2) is 4.98 Å². The highest BCUT2D eigenvalue weighted by atomic mass is 16.1. The van der Waals surface area contributed by atoms with E-state index in [-0.39, 0.29) is 11.6 Å². The van der Waals surface area contributed by atoms with Crippen molar-refractivity contribution in [3.8, 4) is 0 Å². The van der Waals surface area contributed by atoms with Gasteiger partial charge in [-0.3, -0.25) is 9.36 Å². The van der Waals surface area contributed by atoms with E-state index >= 15 is 0 Å². The summed E-state index contributed by atoms with van der Waals surface area (Å²) in [7, 11) is 3.96. The molecule has 140 valence electrons. The molecule has 0 aliphatic heterocycles. The maximum Gasteiger partial charge on any atom is 0.262 e. The number of anilines is 1. The molecule has 1 aromatic heterocycles. The lowest BCUT2D eigenvalue weighted by atomic mass is 9.98. The van der Waals surface area contributed by atoms with Crippen molar-refractivity contribution < 1.29 is 0 Å². The molecule has 28 heavy (non-hydrogen) atoms. The van der Waals surface area contributed by atoms with E-state index in [0.717, 1.165) is 22.3 Å². The van der Waals surface area contributed by atoms with E-state index in [1.54, 1.807) is 0 Å². The first kappa shape index (κ1) is 18.0. The third-order valence-electron chi connectivity index (χ3n) is 5.07. The average Bonchev–Trinajstić information content (AvgIpc) is 2.72. The zero-order valence-electron chi connectivity index (χ0n) is 16.3. The molecule has 0 amide bonds. The zero-order valence-corrected chi connectivity index (χ0v) is 16.3. The Bertz CT molecular complexity index is 1130. The second-order valence-corrected chi connectivity index (χ2v) is 7.15. The highest BCUT2D eigenvalue weighted by Gasteiger charge is 2.21. The van der Waals surface area contributed by atoms with Gasteiger partial charge < -0.3 is 4.90 Å². The van der Waals surface area contributed by atoms with Gasteiger partial charge in [-0.2, -0.15) is 0 Å². The van der Waals surface area contributed by atoms with E-state index in [9.17, 15) is 4.79 Å². The summed E-state index contributed by atoms with van der Waals surface area (Å²) < 4.78 is 1.81. The number of fused-ring (bicyclic) bond motifs is 1. The van der Waals surface area contributed by atoms with Crippen LogP contribution in [0.5, 0.6) is 0 Å². The van der Waals surface area contributed by atoms with Crippen molar-refractivity contribution in [2.24, 2.45) is 0 Å². The topological polar surface area (TPSA) is 38.1 Å². The molecule has 0 saturated heterocycles. The van der Waals surface area contributed by atoms with Crippen LogP contribution in [-0.2, 0) is 0 Å². The van der Waals surface area contributed by atoms with Crippen LogP contribution in [0.25, 0.3) is 10.9 Å². The fourth-order valence-corrected chi connectivity index (χ4v) is 3.64. The Morgan fingerprint density at radius 3 is 1.96 bits per heavy atom. The maximum atomic E-state index is 13.5. The van der Waals surface area contributed by atoms with Gasteiger partial charge in [-0.05, 0) is 36.2 Å². The molecule has 4 rings (SSSR count). The summed E-state index contributed by atoms with van der Waals surface area (Å²) in [6.45, 7) is 1.90. The Morgan fingerprint density at radius 2 is 1.43 bits per heavy atom. The monoisotopic (exact) mass is 369 g/mol. The lowest BCUT2D eigenvalue weighted by molar-refractivity contribution is 0.620. The highest BCUT2D eigenvalue weighted by Crippen LogP contribution is 2.27. The predicted molar refractivity (Wildman–Crippen MR) is 115 cm³/mol. The molecule has 4 heteroatoms. The van der Waals surface area contributed by atoms with Gasteiger partial charge in [-0.15, -0.1) is 0 Å². The van der Waals surface area contributed by atoms with E-state index in [2.05, 4.69) is 24.3 Å². The third kappa shape index (κ3) is 3.18.